The van der Waals surface area contributed by atoms with Gasteiger partial charge in [-0.25, -0.2) is 9.59 Å². The van der Waals surface area contributed by atoms with Crippen molar-refractivity contribution in [2.45, 2.75) is 44.0 Å². The molecule has 47 heavy (non-hydrogen) atoms. The van der Waals surface area contributed by atoms with Crippen LogP contribution in [-0.4, -0.2) is 92.5 Å². The number of rotatable bonds is 22. The Kier molecular flexibility index (Phi) is 18.6. The molecule has 0 N–H and O–H groups in total. The van der Waals surface area contributed by atoms with Crippen molar-refractivity contribution in [2.75, 3.05) is 59.2 Å². The normalized spacial score (nSPS) is 16.3. The van der Waals surface area contributed by atoms with E-state index in [0.29, 0.717) is 33.9 Å². The van der Waals surface area contributed by atoms with Crippen LogP contribution in [0.4, 0.5) is 0 Å². The maximum Gasteiger partial charge on any atom is 0.330 e. The van der Waals surface area contributed by atoms with Gasteiger partial charge in [0.15, 0.2) is 0 Å². The summed E-state index contributed by atoms with van der Waals surface area (Å²) in [5.74, 6) is 9.00. The average molecular weight is 771 g/mol. The van der Waals surface area contributed by atoms with Crippen LogP contribution in [0.3, 0.4) is 0 Å². The fraction of sp³-hybridized carbons (Fsp3) is 0.471. The van der Waals surface area contributed by atoms with Crippen molar-refractivity contribution < 1.29 is 28.5 Å². The molecule has 0 radical (unpaired) electrons. The SMILES string of the molecule is C=CC(=O)OC(COc1ccc(Sc2ccc(OCC(CSCCC3SCCS3)OC(=O)C=C)cc2)cc1)CSCCC1SCCS1. The molecule has 0 spiro atoms. The zero-order valence-electron chi connectivity index (χ0n) is 26.3. The molecule has 13 heteroatoms. The quantitative estimate of drug-likeness (QED) is 0.0653. The van der Waals surface area contributed by atoms with Crippen molar-refractivity contribution in [2.24, 2.45) is 0 Å². The van der Waals surface area contributed by atoms with Crippen molar-refractivity contribution in [3.05, 3.63) is 73.8 Å². The second kappa shape index (κ2) is 22.6. The van der Waals surface area contributed by atoms with Crippen molar-refractivity contribution in [1.29, 1.82) is 0 Å². The zero-order chi connectivity index (χ0) is 33.1. The highest BCUT2D eigenvalue weighted by Crippen LogP contribution is 2.36. The van der Waals surface area contributed by atoms with E-state index in [2.05, 4.69) is 13.2 Å². The fourth-order valence-corrected chi connectivity index (χ4v) is 13.4. The molecular weight excluding hydrogens is 729 g/mol. The van der Waals surface area contributed by atoms with Crippen LogP contribution in [0.1, 0.15) is 12.8 Å². The third-order valence-electron chi connectivity index (χ3n) is 6.64. The minimum absolute atomic E-state index is 0.290. The first-order valence-corrected chi connectivity index (χ1v) is 22.7. The van der Waals surface area contributed by atoms with E-state index in [1.54, 1.807) is 35.3 Å². The second-order valence-corrected chi connectivity index (χ2v) is 19.5. The average Bonchev–Trinajstić information content (AvgIpc) is 3.82. The lowest BCUT2D eigenvalue weighted by atomic mass is 10.3. The molecule has 0 aromatic heterocycles. The molecule has 2 unspecified atom stereocenters. The molecule has 2 aliphatic rings. The molecule has 2 aliphatic heterocycles. The van der Waals surface area contributed by atoms with Crippen LogP contribution in [0.15, 0.2) is 83.6 Å². The van der Waals surface area contributed by atoms with E-state index in [1.807, 2.05) is 95.6 Å². The zero-order valence-corrected chi connectivity index (χ0v) is 32.0. The van der Waals surface area contributed by atoms with Gasteiger partial charge in [-0.2, -0.15) is 23.5 Å². The van der Waals surface area contributed by atoms with Crippen LogP contribution >= 0.6 is 82.3 Å². The summed E-state index contributed by atoms with van der Waals surface area (Å²) in [7, 11) is 0. The minimum Gasteiger partial charge on any atom is -0.490 e. The molecule has 2 atom stereocenters. The number of thioether (sulfide) groups is 6. The summed E-state index contributed by atoms with van der Waals surface area (Å²) >= 11 is 13.4. The molecule has 0 bridgehead atoms. The highest BCUT2D eigenvalue weighted by Gasteiger charge is 2.19. The largest absolute Gasteiger partial charge is 0.490 e. The number of benzene rings is 2. The lowest BCUT2D eigenvalue weighted by Crippen LogP contribution is -2.27. The first-order chi connectivity index (χ1) is 23.0. The maximum absolute atomic E-state index is 11.9. The van der Waals surface area contributed by atoms with Crippen LogP contribution in [0.25, 0.3) is 0 Å². The topological polar surface area (TPSA) is 71.1 Å². The van der Waals surface area contributed by atoms with Gasteiger partial charge in [0.25, 0.3) is 0 Å². The summed E-state index contributed by atoms with van der Waals surface area (Å²) in [6.07, 6.45) is 4.03. The Morgan fingerprint density at radius 2 is 1.06 bits per heavy atom. The second-order valence-electron chi connectivity index (χ2n) is 10.3. The van der Waals surface area contributed by atoms with Crippen molar-refractivity contribution in [1.82, 2.24) is 0 Å². The molecule has 2 fully saturated rings. The molecule has 0 saturated carbocycles. The number of carbonyl (C=O) groups excluding carboxylic acids is 2. The van der Waals surface area contributed by atoms with E-state index < -0.39 is 11.9 Å². The van der Waals surface area contributed by atoms with Gasteiger partial charge in [0.05, 0.1) is 9.16 Å². The van der Waals surface area contributed by atoms with E-state index in [9.17, 15) is 9.59 Å². The predicted octanol–water partition coefficient (Wildman–Crippen LogP) is 8.65. The first kappa shape index (κ1) is 38.7. The van der Waals surface area contributed by atoms with Gasteiger partial charge in [-0.05, 0) is 72.9 Å². The van der Waals surface area contributed by atoms with Crippen molar-refractivity contribution >= 4 is 94.3 Å². The van der Waals surface area contributed by atoms with Gasteiger partial charge in [-0.3, -0.25) is 0 Å². The molecule has 2 heterocycles. The third-order valence-corrected chi connectivity index (χ3v) is 16.3. The fourth-order valence-electron chi connectivity index (χ4n) is 4.32. The summed E-state index contributed by atoms with van der Waals surface area (Å²) in [6.45, 7) is 7.63. The Bertz CT molecular complexity index is 1140. The standard InChI is InChI=1S/C34H42O6S7/c1-3-31(35)39-27(23-41-15-13-33-43-17-18-44-33)21-37-25-5-9-29(10-6-25)47-30-11-7-26(8-12-30)38-22-28(40-32(36)4-2)24-42-16-14-34-45-19-20-46-34/h3-12,27-28,33-34H,1-2,13-24H2. The number of hydrogen-bond donors (Lipinski definition) is 0. The van der Waals surface area contributed by atoms with Gasteiger partial charge in [-0.15, -0.1) is 47.0 Å². The number of hydrogen-bond acceptors (Lipinski definition) is 13. The first-order valence-electron chi connectivity index (χ1n) is 15.4. The lowest BCUT2D eigenvalue weighted by Gasteiger charge is -2.18. The Morgan fingerprint density at radius 3 is 1.43 bits per heavy atom. The van der Waals surface area contributed by atoms with Gasteiger partial charge >= 0.3 is 11.9 Å². The number of esters is 2. The van der Waals surface area contributed by atoms with E-state index >= 15 is 0 Å². The van der Waals surface area contributed by atoms with Crippen LogP contribution < -0.4 is 9.47 Å². The molecule has 0 aliphatic carbocycles. The van der Waals surface area contributed by atoms with E-state index in [0.717, 1.165) is 45.6 Å². The maximum atomic E-state index is 11.9. The van der Waals surface area contributed by atoms with Crippen molar-refractivity contribution in [3.63, 3.8) is 0 Å². The smallest absolute Gasteiger partial charge is 0.330 e. The molecular formula is C34H42O6S7. The minimum atomic E-state index is -0.428. The molecule has 2 aromatic carbocycles. The molecule has 4 rings (SSSR count). The summed E-state index contributed by atoms with van der Waals surface area (Å²) in [5.41, 5.74) is 0. The van der Waals surface area contributed by atoms with Gasteiger partial charge in [0.1, 0.15) is 36.9 Å². The number of carbonyl (C=O) groups is 2. The van der Waals surface area contributed by atoms with Crippen LogP contribution in [0, 0.1) is 0 Å². The van der Waals surface area contributed by atoms with Gasteiger partial charge < -0.3 is 18.9 Å². The van der Waals surface area contributed by atoms with Crippen LogP contribution in [0.2, 0.25) is 0 Å². The molecule has 2 saturated heterocycles. The van der Waals surface area contributed by atoms with Crippen molar-refractivity contribution in [3.8, 4) is 11.5 Å². The Labute approximate surface area is 309 Å². The molecule has 2 aromatic rings. The van der Waals surface area contributed by atoms with Crippen LogP contribution in [0.5, 0.6) is 11.5 Å². The summed E-state index contributed by atoms with van der Waals surface area (Å²) in [5, 5.41) is 0. The van der Waals surface area contributed by atoms with Gasteiger partial charge in [-0.1, -0.05) is 24.9 Å². The monoisotopic (exact) mass is 770 g/mol. The van der Waals surface area contributed by atoms with Gasteiger partial charge in [0, 0.05) is 56.5 Å². The van der Waals surface area contributed by atoms with E-state index in [4.69, 9.17) is 18.9 Å². The Morgan fingerprint density at radius 1 is 0.681 bits per heavy atom. The molecule has 6 nitrogen and oxygen atoms in total. The predicted molar refractivity (Wildman–Crippen MR) is 209 cm³/mol. The summed E-state index contributed by atoms with van der Waals surface area (Å²) in [4.78, 5) is 25.9. The Hall–Kier alpha value is -1.09. The summed E-state index contributed by atoms with van der Waals surface area (Å²) in [6, 6.07) is 15.8. The van der Waals surface area contributed by atoms with Gasteiger partial charge in [0.2, 0.25) is 0 Å². The molecule has 256 valence electrons. The highest BCUT2D eigenvalue weighted by atomic mass is 32.2. The highest BCUT2D eigenvalue weighted by molar-refractivity contribution is 8.20. The molecule has 0 amide bonds. The third kappa shape index (κ3) is 15.6. The van der Waals surface area contributed by atoms with Crippen LogP contribution in [-0.2, 0) is 19.1 Å². The number of ether oxygens (including phenoxy) is 4. The lowest BCUT2D eigenvalue weighted by molar-refractivity contribution is -0.144. The van der Waals surface area contributed by atoms with E-state index in [-0.39, 0.29) is 12.2 Å². The summed E-state index contributed by atoms with van der Waals surface area (Å²) < 4.78 is 24.5. The Balaban J connectivity index is 1.18. The van der Waals surface area contributed by atoms with E-state index in [1.165, 1.54) is 35.2 Å².